The minimum absolute atomic E-state index is 0.342. The van der Waals surface area contributed by atoms with Crippen LogP contribution in [-0.4, -0.2) is 23.7 Å². The first-order valence-electron chi connectivity index (χ1n) is 8.71. The number of hydrogen-bond donors (Lipinski definition) is 2. The summed E-state index contributed by atoms with van der Waals surface area (Å²) >= 11 is 3.38. The zero-order chi connectivity index (χ0) is 20.5. The zero-order valence-corrected chi connectivity index (χ0v) is 16.8. The smallest absolute Gasteiger partial charge is 0.267 e. The van der Waals surface area contributed by atoms with Crippen LogP contribution in [0.4, 0.5) is 0 Å². The van der Waals surface area contributed by atoms with E-state index in [1.807, 2.05) is 36.4 Å². The van der Waals surface area contributed by atoms with Gasteiger partial charge in [0.05, 0.1) is 6.21 Å². The van der Waals surface area contributed by atoms with Gasteiger partial charge in [0.1, 0.15) is 5.71 Å². The summed E-state index contributed by atoms with van der Waals surface area (Å²) in [5.74, 6) is -0.688. The minimum atomic E-state index is -0.345. The Morgan fingerprint density at radius 1 is 0.690 bits per heavy atom. The number of hydrazone groups is 2. The Hall–Kier alpha value is -3.58. The summed E-state index contributed by atoms with van der Waals surface area (Å²) in [6.07, 6.45) is 1.38. The van der Waals surface area contributed by atoms with E-state index >= 15 is 0 Å². The lowest BCUT2D eigenvalue weighted by atomic mass is 10.1. The monoisotopic (exact) mass is 448 g/mol. The summed E-state index contributed by atoms with van der Waals surface area (Å²) < 4.78 is 0.906. The first-order valence-corrected chi connectivity index (χ1v) is 9.50. The highest BCUT2D eigenvalue weighted by atomic mass is 79.9. The van der Waals surface area contributed by atoms with Crippen LogP contribution in [0.25, 0.3) is 0 Å². The highest BCUT2D eigenvalue weighted by molar-refractivity contribution is 9.10. The molecule has 2 amide bonds. The van der Waals surface area contributed by atoms with Gasteiger partial charge < -0.3 is 0 Å². The van der Waals surface area contributed by atoms with Gasteiger partial charge >= 0.3 is 0 Å². The molecule has 2 N–H and O–H groups in total. The van der Waals surface area contributed by atoms with Gasteiger partial charge in [0.2, 0.25) is 0 Å². The molecule has 3 rings (SSSR count). The average Bonchev–Trinajstić information content (AvgIpc) is 2.77. The summed E-state index contributed by atoms with van der Waals surface area (Å²) in [5, 5.41) is 8.15. The molecule has 3 aromatic carbocycles. The fourth-order valence-corrected chi connectivity index (χ4v) is 2.62. The Morgan fingerprint density at radius 2 is 1.21 bits per heavy atom. The lowest BCUT2D eigenvalue weighted by Gasteiger charge is -2.04. The highest BCUT2D eigenvalue weighted by Crippen LogP contribution is 2.11. The molecule has 0 bridgehead atoms. The predicted octanol–water partition coefficient (Wildman–Crippen LogP) is 4.00. The van der Waals surface area contributed by atoms with Crippen LogP contribution in [0.3, 0.4) is 0 Å². The van der Waals surface area contributed by atoms with Crippen molar-refractivity contribution in [2.45, 2.75) is 0 Å². The Balaban J connectivity index is 1.76. The fraction of sp³-hybridized carbons (Fsp3) is 0. The van der Waals surface area contributed by atoms with Crippen molar-refractivity contribution < 1.29 is 9.59 Å². The number of amides is 2. The van der Waals surface area contributed by atoms with Gasteiger partial charge in [-0.1, -0.05) is 64.5 Å². The Morgan fingerprint density at radius 3 is 1.76 bits per heavy atom. The number of carbonyl (C=O) groups is 2. The number of nitrogens with one attached hydrogen (secondary N) is 2. The van der Waals surface area contributed by atoms with E-state index in [1.165, 1.54) is 6.21 Å². The third kappa shape index (κ3) is 5.95. The maximum atomic E-state index is 12.3. The van der Waals surface area contributed by atoms with Crippen LogP contribution in [-0.2, 0) is 0 Å². The first kappa shape index (κ1) is 20.2. The molecule has 0 saturated heterocycles. The van der Waals surface area contributed by atoms with Crippen molar-refractivity contribution in [3.63, 3.8) is 0 Å². The molecule has 0 aliphatic heterocycles. The van der Waals surface area contributed by atoms with E-state index in [1.54, 1.807) is 48.5 Å². The lowest BCUT2D eigenvalue weighted by molar-refractivity contribution is 0.0946. The van der Waals surface area contributed by atoms with E-state index in [0.29, 0.717) is 16.8 Å². The maximum absolute atomic E-state index is 12.3. The summed E-state index contributed by atoms with van der Waals surface area (Å²) in [6, 6.07) is 24.8. The van der Waals surface area contributed by atoms with Gasteiger partial charge in [-0.15, -0.1) is 0 Å². The van der Waals surface area contributed by atoms with Crippen molar-refractivity contribution in [3.8, 4) is 0 Å². The molecular formula is C22H17BrN4O2. The van der Waals surface area contributed by atoms with Crippen molar-refractivity contribution in [1.29, 1.82) is 0 Å². The largest absolute Gasteiger partial charge is 0.271 e. The molecule has 144 valence electrons. The standard InChI is InChI=1S/C22H17BrN4O2/c23-19-13-11-16(12-14-19)20(25-27-22(29)18-9-5-2-6-10-18)15-24-26-21(28)17-7-3-1-4-8-17/h1-15H,(H,26,28)(H,27,29)/b24-15+,25-20+. The molecule has 7 heteroatoms. The molecule has 0 aliphatic carbocycles. The second-order valence-electron chi connectivity index (χ2n) is 5.88. The van der Waals surface area contributed by atoms with Gasteiger partial charge in [0.15, 0.2) is 0 Å². The van der Waals surface area contributed by atoms with Crippen molar-refractivity contribution >= 4 is 39.7 Å². The normalized spacial score (nSPS) is 11.3. The molecule has 0 radical (unpaired) electrons. The van der Waals surface area contributed by atoms with Gasteiger partial charge in [-0.3, -0.25) is 9.59 Å². The van der Waals surface area contributed by atoms with Gasteiger partial charge in [-0.2, -0.15) is 10.2 Å². The van der Waals surface area contributed by atoms with E-state index in [9.17, 15) is 9.59 Å². The van der Waals surface area contributed by atoms with Crippen LogP contribution in [0, 0.1) is 0 Å². The Bertz CT molecular complexity index is 1030. The van der Waals surface area contributed by atoms with Crippen molar-refractivity contribution in [2.75, 3.05) is 0 Å². The number of halogens is 1. The summed E-state index contributed by atoms with van der Waals surface area (Å²) in [7, 11) is 0. The third-order valence-electron chi connectivity index (χ3n) is 3.84. The van der Waals surface area contributed by atoms with E-state index in [-0.39, 0.29) is 11.8 Å². The maximum Gasteiger partial charge on any atom is 0.271 e. The van der Waals surface area contributed by atoms with E-state index in [4.69, 9.17) is 0 Å². The molecule has 29 heavy (non-hydrogen) atoms. The van der Waals surface area contributed by atoms with Crippen molar-refractivity contribution in [2.24, 2.45) is 10.2 Å². The molecule has 0 saturated carbocycles. The molecule has 0 aliphatic rings. The van der Waals surface area contributed by atoms with Crippen molar-refractivity contribution in [1.82, 2.24) is 10.9 Å². The van der Waals surface area contributed by atoms with Gasteiger partial charge in [0.25, 0.3) is 11.8 Å². The fourth-order valence-electron chi connectivity index (χ4n) is 2.36. The molecule has 6 nitrogen and oxygen atoms in total. The van der Waals surface area contributed by atoms with Gasteiger partial charge in [0, 0.05) is 21.2 Å². The molecular weight excluding hydrogens is 432 g/mol. The van der Waals surface area contributed by atoms with Crippen LogP contribution in [0.15, 0.2) is 99.6 Å². The third-order valence-corrected chi connectivity index (χ3v) is 4.37. The summed E-state index contributed by atoms with van der Waals surface area (Å²) in [4.78, 5) is 24.4. The number of carbonyl (C=O) groups excluding carboxylic acids is 2. The first-order chi connectivity index (χ1) is 14.1. The van der Waals surface area contributed by atoms with Gasteiger partial charge in [-0.05, 0) is 36.4 Å². The van der Waals surface area contributed by atoms with Crippen LogP contribution in [0.2, 0.25) is 0 Å². The second-order valence-corrected chi connectivity index (χ2v) is 6.79. The number of benzene rings is 3. The zero-order valence-electron chi connectivity index (χ0n) is 15.2. The average molecular weight is 449 g/mol. The number of rotatable bonds is 6. The van der Waals surface area contributed by atoms with Crippen LogP contribution >= 0.6 is 15.9 Å². The van der Waals surface area contributed by atoms with Crippen LogP contribution < -0.4 is 10.9 Å². The highest BCUT2D eigenvalue weighted by Gasteiger charge is 2.07. The Labute approximate surface area is 176 Å². The van der Waals surface area contributed by atoms with E-state index in [0.717, 1.165) is 10.0 Å². The van der Waals surface area contributed by atoms with E-state index in [2.05, 4.69) is 37.0 Å². The van der Waals surface area contributed by atoms with E-state index < -0.39 is 0 Å². The lowest BCUT2D eigenvalue weighted by Crippen LogP contribution is -2.22. The predicted molar refractivity (Wildman–Crippen MR) is 117 cm³/mol. The van der Waals surface area contributed by atoms with Gasteiger partial charge in [-0.25, -0.2) is 10.9 Å². The quantitative estimate of drug-likeness (QED) is 0.441. The molecule has 0 spiro atoms. The minimum Gasteiger partial charge on any atom is -0.267 e. The van der Waals surface area contributed by atoms with Crippen LogP contribution in [0.1, 0.15) is 26.3 Å². The summed E-state index contributed by atoms with van der Waals surface area (Å²) in [5.41, 5.74) is 7.06. The molecule has 0 heterocycles. The topological polar surface area (TPSA) is 82.9 Å². The molecule has 3 aromatic rings. The number of nitrogens with zero attached hydrogens (tertiary/aromatic N) is 2. The molecule has 0 fully saturated rings. The molecule has 0 aromatic heterocycles. The second kappa shape index (κ2) is 10.1. The molecule has 0 unspecified atom stereocenters. The Kier molecular flexibility index (Phi) is 7.02. The van der Waals surface area contributed by atoms with Crippen molar-refractivity contribution in [3.05, 3.63) is 106 Å². The summed E-state index contributed by atoms with van der Waals surface area (Å²) in [6.45, 7) is 0. The SMILES string of the molecule is O=C(N/N=C(\C=N\NC(=O)c1ccccc1)c1ccc(Br)cc1)c1ccccc1. The van der Waals surface area contributed by atoms with Crippen LogP contribution in [0.5, 0.6) is 0 Å². The number of hydrogen-bond acceptors (Lipinski definition) is 4. The molecule has 0 atom stereocenters.